The molecule has 2 aliphatic carbocycles. The molecule has 0 radical (unpaired) electrons. The Hall–Kier alpha value is -0.860. The fourth-order valence-electron chi connectivity index (χ4n) is 2.22. The molecule has 0 saturated heterocycles. The van der Waals surface area contributed by atoms with E-state index in [1.54, 1.807) is 0 Å². The van der Waals surface area contributed by atoms with Crippen LogP contribution in [-0.2, 0) is 0 Å². The molecular weight excluding hydrogens is 140 g/mol. The van der Waals surface area contributed by atoms with Gasteiger partial charge in [-0.3, -0.25) is 0 Å². The fraction of sp³-hybridized carbons (Fsp3) is 0.750. The second-order valence-corrected chi connectivity index (χ2v) is 3.75. The van der Waals surface area contributed by atoms with E-state index in [4.69, 9.17) is 4.52 Å². The maximum Gasteiger partial charge on any atom is 0.230 e. The van der Waals surface area contributed by atoms with Crippen molar-refractivity contribution >= 4 is 0 Å². The Labute approximate surface area is 64.8 Å². The van der Waals surface area contributed by atoms with E-state index in [9.17, 15) is 0 Å². The molecule has 3 rings (SSSR count). The fourth-order valence-corrected chi connectivity index (χ4v) is 2.22. The van der Waals surface area contributed by atoms with Crippen LogP contribution in [0.1, 0.15) is 37.5 Å². The molecule has 1 atom stereocenters. The molecule has 11 heavy (non-hydrogen) atoms. The lowest BCUT2D eigenvalue weighted by molar-refractivity contribution is 0.259. The van der Waals surface area contributed by atoms with Crippen molar-refractivity contribution in [3.63, 3.8) is 0 Å². The van der Waals surface area contributed by atoms with E-state index >= 15 is 0 Å². The standard InChI is InChI=1S/C8H10N2O/c1-2-8(3-1)4-6(8)7-9-5-10-11-7/h5-6H,1-4H2. The maximum atomic E-state index is 5.03. The average molecular weight is 150 g/mol. The number of hydrogen-bond acceptors (Lipinski definition) is 3. The Kier molecular flexibility index (Phi) is 0.864. The average Bonchev–Trinajstić information content (AvgIpc) is 2.50. The Morgan fingerprint density at radius 2 is 2.45 bits per heavy atom. The van der Waals surface area contributed by atoms with Crippen molar-refractivity contribution in [3.8, 4) is 0 Å². The van der Waals surface area contributed by atoms with Crippen LogP contribution in [0.5, 0.6) is 0 Å². The number of aromatic nitrogens is 2. The second-order valence-electron chi connectivity index (χ2n) is 3.75. The van der Waals surface area contributed by atoms with Crippen molar-refractivity contribution < 1.29 is 4.52 Å². The van der Waals surface area contributed by atoms with Crippen molar-refractivity contribution in [3.05, 3.63) is 12.2 Å². The van der Waals surface area contributed by atoms with Gasteiger partial charge in [0.05, 0.1) is 0 Å². The summed E-state index contributed by atoms with van der Waals surface area (Å²) in [7, 11) is 0. The SMILES string of the molecule is c1noc(C2CC23CCC3)n1. The molecular formula is C8H10N2O. The lowest BCUT2D eigenvalue weighted by atomic mass is 9.80. The van der Waals surface area contributed by atoms with E-state index in [1.807, 2.05) is 0 Å². The van der Waals surface area contributed by atoms with Crippen molar-refractivity contribution in [2.24, 2.45) is 5.41 Å². The molecule has 2 fully saturated rings. The summed E-state index contributed by atoms with van der Waals surface area (Å²) in [6, 6.07) is 0. The number of nitrogens with zero attached hydrogens (tertiary/aromatic N) is 2. The lowest BCUT2D eigenvalue weighted by Crippen LogP contribution is -2.13. The number of rotatable bonds is 1. The zero-order valence-corrected chi connectivity index (χ0v) is 6.29. The van der Waals surface area contributed by atoms with Crippen LogP contribution in [0.2, 0.25) is 0 Å². The van der Waals surface area contributed by atoms with Gasteiger partial charge in [-0.05, 0) is 24.7 Å². The second kappa shape index (κ2) is 1.65. The highest BCUT2D eigenvalue weighted by atomic mass is 16.5. The van der Waals surface area contributed by atoms with Gasteiger partial charge in [0, 0.05) is 5.92 Å². The molecule has 0 amide bonds. The molecule has 1 unspecified atom stereocenters. The summed E-state index contributed by atoms with van der Waals surface area (Å²) in [6.45, 7) is 0. The quantitative estimate of drug-likeness (QED) is 0.612. The van der Waals surface area contributed by atoms with E-state index in [1.165, 1.54) is 32.0 Å². The monoisotopic (exact) mass is 150 g/mol. The van der Waals surface area contributed by atoms with Crippen LogP contribution in [-0.4, -0.2) is 10.1 Å². The third-order valence-electron chi connectivity index (χ3n) is 3.22. The molecule has 2 aliphatic rings. The van der Waals surface area contributed by atoms with E-state index in [-0.39, 0.29) is 0 Å². The van der Waals surface area contributed by atoms with Gasteiger partial charge in [-0.25, -0.2) is 0 Å². The summed E-state index contributed by atoms with van der Waals surface area (Å²) < 4.78 is 5.03. The molecule has 1 aromatic heterocycles. The van der Waals surface area contributed by atoms with Crippen molar-refractivity contribution in [1.29, 1.82) is 0 Å². The first kappa shape index (κ1) is 5.75. The minimum Gasteiger partial charge on any atom is -0.339 e. The molecule has 0 bridgehead atoms. The summed E-state index contributed by atoms with van der Waals surface area (Å²) >= 11 is 0. The Balaban J connectivity index is 1.84. The van der Waals surface area contributed by atoms with Crippen molar-refractivity contribution in [1.82, 2.24) is 10.1 Å². The van der Waals surface area contributed by atoms with Crippen LogP contribution in [0.4, 0.5) is 0 Å². The predicted octanol–water partition coefficient (Wildman–Crippen LogP) is 1.73. The first-order valence-electron chi connectivity index (χ1n) is 4.17. The zero-order valence-electron chi connectivity index (χ0n) is 6.29. The van der Waals surface area contributed by atoms with Crippen LogP contribution in [0.3, 0.4) is 0 Å². The summed E-state index contributed by atoms with van der Waals surface area (Å²) in [6.07, 6.45) is 6.93. The topological polar surface area (TPSA) is 38.9 Å². The minimum atomic E-state index is 0.610. The molecule has 58 valence electrons. The summed E-state index contributed by atoms with van der Waals surface area (Å²) in [5.41, 5.74) is 0.618. The molecule has 1 aromatic rings. The first-order valence-corrected chi connectivity index (χ1v) is 4.17. The van der Waals surface area contributed by atoms with E-state index < -0.39 is 0 Å². The van der Waals surface area contributed by atoms with E-state index in [0.29, 0.717) is 11.3 Å². The molecule has 1 spiro atoms. The molecule has 3 heteroatoms. The summed E-state index contributed by atoms with van der Waals surface area (Å²) in [4.78, 5) is 4.08. The van der Waals surface area contributed by atoms with Gasteiger partial charge in [-0.15, -0.1) is 0 Å². The highest BCUT2D eigenvalue weighted by Crippen LogP contribution is 2.69. The molecule has 1 heterocycles. The van der Waals surface area contributed by atoms with Gasteiger partial charge >= 0.3 is 0 Å². The third kappa shape index (κ3) is 0.633. The van der Waals surface area contributed by atoms with Gasteiger partial charge in [-0.1, -0.05) is 11.6 Å². The van der Waals surface area contributed by atoms with Gasteiger partial charge in [-0.2, -0.15) is 4.98 Å². The van der Waals surface area contributed by atoms with Gasteiger partial charge in [0.15, 0.2) is 6.33 Å². The summed E-state index contributed by atoms with van der Waals surface area (Å²) in [5, 5.41) is 3.62. The van der Waals surface area contributed by atoms with E-state index in [0.717, 1.165) is 5.89 Å². The minimum absolute atomic E-state index is 0.610. The molecule has 0 N–H and O–H groups in total. The third-order valence-corrected chi connectivity index (χ3v) is 3.22. The Morgan fingerprint density at radius 1 is 1.55 bits per heavy atom. The van der Waals surface area contributed by atoms with Crippen LogP contribution in [0.15, 0.2) is 10.9 Å². The zero-order chi connectivity index (χ0) is 7.31. The highest BCUT2D eigenvalue weighted by Gasteiger charge is 2.60. The molecule has 0 aliphatic heterocycles. The van der Waals surface area contributed by atoms with Gasteiger partial charge in [0.1, 0.15) is 0 Å². The number of hydrogen-bond donors (Lipinski definition) is 0. The molecule has 0 aromatic carbocycles. The first-order chi connectivity index (χ1) is 5.41. The Bertz CT molecular complexity index is 264. The smallest absolute Gasteiger partial charge is 0.230 e. The summed E-state index contributed by atoms with van der Waals surface area (Å²) in [5.74, 6) is 1.48. The van der Waals surface area contributed by atoms with Crippen molar-refractivity contribution in [2.45, 2.75) is 31.6 Å². The normalized spacial score (nSPS) is 31.8. The van der Waals surface area contributed by atoms with Crippen LogP contribution < -0.4 is 0 Å². The highest BCUT2D eigenvalue weighted by molar-refractivity contribution is 5.19. The van der Waals surface area contributed by atoms with Gasteiger partial charge in [0.2, 0.25) is 5.89 Å². The lowest BCUT2D eigenvalue weighted by Gasteiger charge is -2.25. The van der Waals surface area contributed by atoms with Crippen LogP contribution in [0.25, 0.3) is 0 Å². The maximum absolute atomic E-state index is 5.03. The predicted molar refractivity (Wildman–Crippen MR) is 37.9 cm³/mol. The Morgan fingerprint density at radius 3 is 2.91 bits per heavy atom. The van der Waals surface area contributed by atoms with E-state index in [2.05, 4.69) is 10.1 Å². The van der Waals surface area contributed by atoms with Crippen molar-refractivity contribution in [2.75, 3.05) is 0 Å². The molecule has 2 saturated carbocycles. The van der Waals surface area contributed by atoms with Crippen LogP contribution >= 0.6 is 0 Å². The van der Waals surface area contributed by atoms with Gasteiger partial charge < -0.3 is 4.52 Å². The van der Waals surface area contributed by atoms with Gasteiger partial charge in [0.25, 0.3) is 0 Å². The molecule has 3 nitrogen and oxygen atoms in total. The largest absolute Gasteiger partial charge is 0.339 e. The van der Waals surface area contributed by atoms with Crippen LogP contribution in [0, 0.1) is 5.41 Å².